The van der Waals surface area contributed by atoms with Gasteiger partial charge in [0.1, 0.15) is 10.6 Å². The summed E-state index contributed by atoms with van der Waals surface area (Å²) in [6.07, 6.45) is 5.25. The second-order valence-electron chi connectivity index (χ2n) is 4.88. The maximum atomic E-state index is 6.09. The average Bonchev–Trinajstić information content (AvgIpc) is 2.89. The van der Waals surface area contributed by atoms with E-state index in [1.807, 2.05) is 0 Å². The molecule has 0 amide bonds. The van der Waals surface area contributed by atoms with Gasteiger partial charge in [0.05, 0.1) is 5.39 Å². The number of hydrogen-bond acceptors (Lipinski definition) is 5. The number of anilines is 1. The van der Waals surface area contributed by atoms with Crippen LogP contribution in [0, 0.1) is 13.8 Å². The fourth-order valence-electron chi connectivity index (χ4n) is 2.47. The first-order valence-corrected chi connectivity index (χ1v) is 8.04. The highest BCUT2D eigenvalue weighted by molar-refractivity contribution is 7.99. The van der Waals surface area contributed by atoms with Gasteiger partial charge in [0.2, 0.25) is 0 Å². The second kappa shape index (κ2) is 4.70. The third-order valence-corrected chi connectivity index (χ3v) is 5.91. The maximum Gasteiger partial charge on any atom is 0.191 e. The molecule has 1 aliphatic rings. The lowest BCUT2D eigenvalue weighted by Crippen LogP contribution is -2.00. The van der Waals surface area contributed by atoms with Crippen LogP contribution >= 0.6 is 23.1 Å². The highest BCUT2D eigenvalue weighted by Crippen LogP contribution is 2.37. The Morgan fingerprint density at radius 2 is 1.94 bits per heavy atom. The molecule has 2 aromatic rings. The molecule has 0 saturated heterocycles. The second-order valence-corrected chi connectivity index (χ2v) is 7.35. The Bertz CT molecular complexity index is 585. The number of thiophene rings is 1. The fourth-order valence-corrected chi connectivity index (χ4v) is 4.73. The van der Waals surface area contributed by atoms with Crippen molar-refractivity contribution in [3.63, 3.8) is 0 Å². The van der Waals surface area contributed by atoms with Gasteiger partial charge in [-0.2, -0.15) is 0 Å². The Hall–Kier alpha value is -0.810. The molecule has 2 N–H and O–H groups in total. The maximum absolute atomic E-state index is 6.09. The topological polar surface area (TPSA) is 51.8 Å². The highest BCUT2D eigenvalue weighted by Gasteiger charge is 2.19. The minimum Gasteiger partial charge on any atom is -0.383 e. The molecule has 96 valence electrons. The van der Waals surface area contributed by atoms with Gasteiger partial charge in [0.25, 0.3) is 0 Å². The molecule has 1 saturated carbocycles. The zero-order chi connectivity index (χ0) is 12.7. The fraction of sp³-hybridized carbons (Fsp3) is 0.538. The molecule has 2 aromatic heterocycles. The quantitative estimate of drug-likeness (QED) is 0.846. The Balaban J connectivity index is 1.99. The minimum absolute atomic E-state index is 0.641. The van der Waals surface area contributed by atoms with Crippen LogP contribution in [0.4, 0.5) is 5.82 Å². The van der Waals surface area contributed by atoms with Gasteiger partial charge in [-0.25, -0.2) is 9.97 Å². The third kappa shape index (κ3) is 2.10. The SMILES string of the molecule is Cc1sc2nc(SC3CCCC3)nc(N)c2c1C. The molecular formula is C13H17N3S2. The van der Waals surface area contributed by atoms with Crippen LogP contribution < -0.4 is 5.73 Å². The summed E-state index contributed by atoms with van der Waals surface area (Å²) in [6.45, 7) is 4.21. The number of aryl methyl sites for hydroxylation is 2. The van der Waals surface area contributed by atoms with Gasteiger partial charge in [-0.15, -0.1) is 11.3 Å². The number of hydrogen-bond donors (Lipinski definition) is 1. The van der Waals surface area contributed by atoms with E-state index in [-0.39, 0.29) is 0 Å². The molecule has 0 radical (unpaired) electrons. The minimum atomic E-state index is 0.641. The van der Waals surface area contributed by atoms with E-state index in [4.69, 9.17) is 5.73 Å². The predicted octanol–water partition coefficient (Wildman–Crippen LogP) is 3.93. The van der Waals surface area contributed by atoms with E-state index in [0.717, 1.165) is 15.4 Å². The van der Waals surface area contributed by atoms with Crippen LogP contribution in [0.3, 0.4) is 0 Å². The molecule has 0 spiro atoms. The monoisotopic (exact) mass is 279 g/mol. The van der Waals surface area contributed by atoms with Gasteiger partial charge in [-0.1, -0.05) is 24.6 Å². The van der Waals surface area contributed by atoms with Crippen molar-refractivity contribution in [2.75, 3.05) is 5.73 Å². The van der Waals surface area contributed by atoms with Crippen LogP contribution in [0.5, 0.6) is 0 Å². The smallest absolute Gasteiger partial charge is 0.191 e. The Morgan fingerprint density at radius 1 is 1.22 bits per heavy atom. The van der Waals surface area contributed by atoms with Crippen LogP contribution in [0.25, 0.3) is 10.2 Å². The van der Waals surface area contributed by atoms with Crippen LogP contribution in [0.15, 0.2) is 5.16 Å². The van der Waals surface area contributed by atoms with Crippen LogP contribution in [0.2, 0.25) is 0 Å². The van der Waals surface area contributed by atoms with Gasteiger partial charge in [0, 0.05) is 10.1 Å². The molecule has 5 heteroatoms. The molecule has 3 nitrogen and oxygen atoms in total. The summed E-state index contributed by atoms with van der Waals surface area (Å²) in [6, 6.07) is 0. The predicted molar refractivity (Wildman–Crippen MR) is 79.4 cm³/mol. The molecule has 2 heterocycles. The number of nitrogens with two attached hydrogens (primary N) is 1. The average molecular weight is 279 g/mol. The van der Waals surface area contributed by atoms with E-state index in [1.165, 1.54) is 36.1 Å². The molecule has 0 bridgehead atoms. The first-order chi connectivity index (χ1) is 8.65. The van der Waals surface area contributed by atoms with Gasteiger partial charge < -0.3 is 5.73 Å². The zero-order valence-corrected chi connectivity index (χ0v) is 12.3. The van der Waals surface area contributed by atoms with Crippen molar-refractivity contribution < 1.29 is 0 Å². The summed E-state index contributed by atoms with van der Waals surface area (Å²) in [5, 5.41) is 2.59. The van der Waals surface area contributed by atoms with E-state index in [0.29, 0.717) is 11.1 Å². The van der Waals surface area contributed by atoms with Crippen molar-refractivity contribution >= 4 is 39.1 Å². The molecule has 3 rings (SSSR count). The lowest BCUT2D eigenvalue weighted by Gasteiger charge is -2.07. The summed E-state index contributed by atoms with van der Waals surface area (Å²) >= 11 is 3.52. The van der Waals surface area contributed by atoms with Gasteiger partial charge in [-0.05, 0) is 32.3 Å². The van der Waals surface area contributed by atoms with Crippen LogP contribution in [-0.4, -0.2) is 15.2 Å². The number of nitrogen functional groups attached to an aromatic ring is 1. The summed E-state index contributed by atoms with van der Waals surface area (Å²) in [7, 11) is 0. The van der Waals surface area contributed by atoms with E-state index >= 15 is 0 Å². The summed E-state index contributed by atoms with van der Waals surface area (Å²) in [5.41, 5.74) is 7.31. The van der Waals surface area contributed by atoms with Crippen molar-refractivity contribution in [3.8, 4) is 0 Å². The summed E-state index contributed by atoms with van der Waals surface area (Å²) < 4.78 is 0. The summed E-state index contributed by atoms with van der Waals surface area (Å²) in [5.74, 6) is 0.641. The number of rotatable bonds is 2. The zero-order valence-electron chi connectivity index (χ0n) is 10.7. The Morgan fingerprint density at radius 3 is 2.67 bits per heavy atom. The van der Waals surface area contributed by atoms with E-state index in [1.54, 1.807) is 23.1 Å². The Labute approximate surface area is 115 Å². The summed E-state index contributed by atoms with van der Waals surface area (Å²) in [4.78, 5) is 11.5. The Kier molecular flexibility index (Phi) is 3.20. The first-order valence-electron chi connectivity index (χ1n) is 6.35. The molecule has 0 atom stereocenters. The molecule has 1 aliphatic carbocycles. The molecule has 0 aromatic carbocycles. The first kappa shape index (κ1) is 12.2. The van der Waals surface area contributed by atoms with E-state index < -0.39 is 0 Å². The number of thioether (sulfide) groups is 1. The largest absolute Gasteiger partial charge is 0.383 e. The molecule has 1 fully saturated rings. The normalized spacial score (nSPS) is 16.8. The standard InChI is InChI=1S/C13H17N3S2/c1-7-8(2)17-12-10(7)11(14)15-13(16-12)18-9-5-3-4-6-9/h9H,3-6H2,1-2H3,(H2,14,15,16). The lowest BCUT2D eigenvalue weighted by molar-refractivity contribution is 0.886. The van der Waals surface area contributed by atoms with Crippen molar-refractivity contribution in [1.82, 2.24) is 9.97 Å². The molecule has 0 aliphatic heterocycles. The van der Waals surface area contributed by atoms with E-state index in [9.17, 15) is 0 Å². The van der Waals surface area contributed by atoms with Gasteiger partial charge >= 0.3 is 0 Å². The van der Waals surface area contributed by atoms with Gasteiger partial charge in [0.15, 0.2) is 5.16 Å². The van der Waals surface area contributed by atoms with Gasteiger partial charge in [-0.3, -0.25) is 0 Å². The lowest BCUT2D eigenvalue weighted by atomic mass is 10.2. The highest BCUT2D eigenvalue weighted by atomic mass is 32.2. The van der Waals surface area contributed by atoms with Crippen molar-refractivity contribution in [3.05, 3.63) is 10.4 Å². The van der Waals surface area contributed by atoms with Crippen LogP contribution in [0.1, 0.15) is 36.1 Å². The molecule has 0 unspecified atom stereocenters. The third-order valence-electron chi connectivity index (χ3n) is 3.61. The van der Waals surface area contributed by atoms with E-state index in [2.05, 4.69) is 23.8 Å². The van der Waals surface area contributed by atoms with Crippen LogP contribution in [-0.2, 0) is 0 Å². The number of aromatic nitrogens is 2. The van der Waals surface area contributed by atoms with Crippen molar-refractivity contribution in [2.45, 2.75) is 49.9 Å². The molecule has 18 heavy (non-hydrogen) atoms. The van der Waals surface area contributed by atoms with Crippen molar-refractivity contribution in [2.24, 2.45) is 0 Å². The van der Waals surface area contributed by atoms with Crippen molar-refractivity contribution in [1.29, 1.82) is 0 Å². The molecular weight excluding hydrogens is 262 g/mol. The number of nitrogens with zero attached hydrogens (tertiary/aromatic N) is 2. The number of fused-ring (bicyclic) bond motifs is 1.